The first-order valence-electron chi connectivity index (χ1n) is 6.35. The van der Waals surface area contributed by atoms with Crippen molar-refractivity contribution in [2.45, 2.75) is 31.3 Å². The zero-order chi connectivity index (χ0) is 11.0. The van der Waals surface area contributed by atoms with E-state index in [1.165, 1.54) is 32.4 Å². The van der Waals surface area contributed by atoms with E-state index in [9.17, 15) is 0 Å². The number of nitrogens with zero attached hydrogens (tertiary/aromatic N) is 1. The number of nitrogens with one attached hydrogen (secondary N) is 1. The van der Waals surface area contributed by atoms with Crippen molar-refractivity contribution < 1.29 is 0 Å². The van der Waals surface area contributed by atoms with E-state index in [2.05, 4.69) is 41.5 Å². The van der Waals surface area contributed by atoms with Crippen LogP contribution in [0.25, 0.3) is 0 Å². The van der Waals surface area contributed by atoms with Crippen LogP contribution < -0.4 is 5.32 Å². The molecule has 0 amide bonds. The standard InChI is InChI=1S/C14H20N2/c1-15-13-6-7-16(10-13)14-8-11-4-2-3-5-12(11)9-14/h2-5,13-15H,6-10H2,1H3. The molecule has 1 aliphatic heterocycles. The summed E-state index contributed by atoms with van der Waals surface area (Å²) in [5, 5.41) is 3.40. The number of likely N-dealkylation sites (N-methyl/N-ethyl adjacent to an activating group) is 1. The van der Waals surface area contributed by atoms with E-state index in [1.54, 1.807) is 11.1 Å². The van der Waals surface area contributed by atoms with Crippen LogP contribution in [0.15, 0.2) is 24.3 Å². The predicted octanol–water partition coefficient (Wildman–Crippen LogP) is 1.45. The molecule has 1 aliphatic carbocycles. The summed E-state index contributed by atoms with van der Waals surface area (Å²) >= 11 is 0. The average molecular weight is 216 g/mol. The minimum atomic E-state index is 0.712. The molecule has 1 aromatic carbocycles. The van der Waals surface area contributed by atoms with E-state index in [-0.39, 0.29) is 0 Å². The Morgan fingerprint density at radius 3 is 2.44 bits per heavy atom. The summed E-state index contributed by atoms with van der Waals surface area (Å²) < 4.78 is 0. The maximum atomic E-state index is 3.40. The molecule has 0 spiro atoms. The second kappa shape index (κ2) is 4.19. The van der Waals surface area contributed by atoms with Crippen LogP contribution in [-0.2, 0) is 12.8 Å². The summed E-state index contributed by atoms with van der Waals surface area (Å²) in [7, 11) is 2.08. The highest BCUT2D eigenvalue weighted by molar-refractivity contribution is 5.33. The van der Waals surface area contributed by atoms with Crippen molar-refractivity contribution in [3.8, 4) is 0 Å². The Kier molecular flexibility index (Phi) is 2.70. The van der Waals surface area contributed by atoms with Crippen molar-refractivity contribution in [2.75, 3.05) is 20.1 Å². The van der Waals surface area contributed by atoms with Gasteiger partial charge in [-0.2, -0.15) is 0 Å². The third-order valence-electron chi connectivity index (χ3n) is 4.17. The van der Waals surface area contributed by atoms with Crippen LogP contribution >= 0.6 is 0 Å². The molecule has 3 rings (SSSR count). The number of hydrogen-bond donors (Lipinski definition) is 1. The second-order valence-electron chi connectivity index (χ2n) is 5.10. The van der Waals surface area contributed by atoms with Gasteiger partial charge in [0.1, 0.15) is 0 Å². The highest BCUT2D eigenvalue weighted by Crippen LogP contribution is 2.27. The van der Waals surface area contributed by atoms with Crippen LogP contribution in [-0.4, -0.2) is 37.1 Å². The largest absolute Gasteiger partial charge is 0.316 e. The highest BCUT2D eigenvalue weighted by Gasteiger charge is 2.31. The molecule has 0 saturated carbocycles. The van der Waals surface area contributed by atoms with Gasteiger partial charge in [0.05, 0.1) is 0 Å². The van der Waals surface area contributed by atoms with Gasteiger partial charge < -0.3 is 5.32 Å². The van der Waals surface area contributed by atoms with Crippen LogP contribution in [0.4, 0.5) is 0 Å². The van der Waals surface area contributed by atoms with Gasteiger partial charge in [-0.3, -0.25) is 4.90 Å². The van der Waals surface area contributed by atoms with E-state index >= 15 is 0 Å². The zero-order valence-electron chi connectivity index (χ0n) is 9.95. The van der Waals surface area contributed by atoms with E-state index in [0.717, 1.165) is 6.04 Å². The van der Waals surface area contributed by atoms with Gasteiger partial charge in [0, 0.05) is 25.2 Å². The van der Waals surface area contributed by atoms with Gasteiger partial charge in [-0.25, -0.2) is 0 Å². The molecule has 1 atom stereocenters. The Labute approximate surface area is 97.6 Å². The van der Waals surface area contributed by atoms with Crippen molar-refractivity contribution in [3.05, 3.63) is 35.4 Å². The quantitative estimate of drug-likeness (QED) is 0.805. The second-order valence-corrected chi connectivity index (χ2v) is 5.10. The molecule has 1 unspecified atom stereocenters. The molecule has 1 fully saturated rings. The van der Waals surface area contributed by atoms with Crippen molar-refractivity contribution >= 4 is 0 Å². The lowest BCUT2D eigenvalue weighted by atomic mass is 10.1. The van der Waals surface area contributed by atoms with Crippen molar-refractivity contribution in [2.24, 2.45) is 0 Å². The van der Waals surface area contributed by atoms with Gasteiger partial charge in [0.15, 0.2) is 0 Å². The molecule has 1 heterocycles. The Hall–Kier alpha value is -0.860. The van der Waals surface area contributed by atoms with Crippen LogP contribution in [0.5, 0.6) is 0 Å². The first kappa shape index (κ1) is 10.3. The molecule has 16 heavy (non-hydrogen) atoms. The molecule has 0 aromatic heterocycles. The molecule has 2 nitrogen and oxygen atoms in total. The van der Waals surface area contributed by atoms with E-state index < -0.39 is 0 Å². The van der Waals surface area contributed by atoms with Gasteiger partial charge in [-0.1, -0.05) is 24.3 Å². The number of hydrogen-bond acceptors (Lipinski definition) is 2. The lowest BCUT2D eigenvalue weighted by molar-refractivity contribution is 0.244. The molecular weight excluding hydrogens is 196 g/mol. The summed E-state index contributed by atoms with van der Waals surface area (Å²) in [5.74, 6) is 0. The minimum absolute atomic E-state index is 0.712. The third kappa shape index (κ3) is 1.76. The van der Waals surface area contributed by atoms with Crippen LogP contribution in [0.1, 0.15) is 17.5 Å². The summed E-state index contributed by atoms with van der Waals surface area (Å²) in [4.78, 5) is 2.67. The molecule has 0 radical (unpaired) electrons. The summed E-state index contributed by atoms with van der Waals surface area (Å²) in [6.07, 6.45) is 3.82. The van der Waals surface area contributed by atoms with Gasteiger partial charge in [0.2, 0.25) is 0 Å². The first-order chi connectivity index (χ1) is 7.86. The topological polar surface area (TPSA) is 15.3 Å². The Balaban J connectivity index is 1.68. The maximum Gasteiger partial charge on any atom is 0.0204 e. The summed E-state index contributed by atoms with van der Waals surface area (Å²) in [6.45, 7) is 2.50. The Bertz CT molecular complexity index is 350. The SMILES string of the molecule is CNC1CCN(C2Cc3ccccc3C2)C1. The monoisotopic (exact) mass is 216 g/mol. The molecular formula is C14H20N2. The smallest absolute Gasteiger partial charge is 0.0204 e. The Morgan fingerprint density at radius 2 is 1.88 bits per heavy atom. The van der Waals surface area contributed by atoms with Crippen molar-refractivity contribution in [3.63, 3.8) is 0 Å². The highest BCUT2D eigenvalue weighted by atomic mass is 15.2. The number of fused-ring (bicyclic) bond motifs is 1. The van der Waals surface area contributed by atoms with E-state index in [1.807, 2.05) is 0 Å². The third-order valence-corrected chi connectivity index (χ3v) is 4.17. The average Bonchev–Trinajstić information content (AvgIpc) is 2.95. The lowest BCUT2D eigenvalue weighted by Gasteiger charge is -2.23. The molecule has 1 N–H and O–H groups in total. The normalized spacial score (nSPS) is 26.2. The van der Waals surface area contributed by atoms with Gasteiger partial charge >= 0.3 is 0 Å². The van der Waals surface area contributed by atoms with E-state index in [4.69, 9.17) is 0 Å². The van der Waals surface area contributed by atoms with Crippen LogP contribution in [0, 0.1) is 0 Å². The number of likely N-dealkylation sites (tertiary alicyclic amines) is 1. The molecule has 0 bridgehead atoms. The van der Waals surface area contributed by atoms with Gasteiger partial charge in [-0.05, 0) is 37.4 Å². The molecule has 1 aromatic rings. The zero-order valence-corrected chi connectivity index (χ0v) is 9.95. The fraction of sp³-hybridized carbons (Fsp3) is 0.571. The van der Waals surface area contributed by atoms with Crippen LogP contribution in [0.3, 0.4) is 0 Å². The molecule has 2 heteroatoms. The van der Waals surface area contributed by atoms with Crippen molar-refractivity contribution in [1.29, 1.82) is 0 Å². The number of rotatable bonds is 2. The molecule has 1 saturated heterocycles. The van der Waals surface area contributed by atoms with Gasteiger partial charge in [-0.15, -0.1) is 0 Å². The summed E-state index contributed by atoms with van der Waals surface area (Å²) in [6, 6.07) is 10.4. The fourth-order valence-electron chi connectivity index (χ4n) is 3.15. The van der Waals surface area contributed by atoms with E-state index in [0.29, 0.717) is 6.04 Å². The minimum Gasteiger partial charge on any atom is -0.316 e. The molecule has 86 valence electrons. The lowest BCUT2D eigenvalue weighted by Crippen LogP contribution is -2.36. The predicted molar refractivity (Wildman–Crippen MR) is 66.7 cm³/mol. The Morgan fingerprint density at radius 1 is 1.19 bits per heavy atom. The first-order valence-corrected chi connectivity index (χ1v) is 6.35. The van der Waals surface area contributed by atoms with Crippen LogP contribution in [0.2, 0.25) is 0 Å². The maximum absolute atomic E-state index is 3.40. The fourth-order valence-corrected chi connectivity index (χ4v) is 3.15. The number of benzene rings is 1. The summed E-state index contributed by atoms with van der Waals surface area (Å²) in [5.41, 5.74) is 3.14. The van der Waals surface area contributed by atoms with Crippen molar-refractivity contribution in [1.82, 2.24) is 10.2 Å². The van der Waals surface area contributed by atoms with Gasteiger partial charge in [0.25, 0.3) is 0 Å². The molecule has 2 aliphatic rings.